The van der Waals surface area contributed by atoms with Gasteiger partial charge in [-0.05, 0) is 13.0 Å². The highest BCUT2D eigenvalue weighted by Crippen LogP contribution is 2.05. The van der Waals surface area contributed by atoms with Crippen molar-refractivity contribution in [1.82, 2.24) is 0 Å². The van der Waals surface area contributed by atoms with Crippen LogP contribution in [0.25, 0.3) is 0 Å². The second-order valence-corrected chi connectivity index (χ2v) is 1.31. The molecule has 0 amide bonds. The molecule has 0 aromatic carbocycles. The average Bonchev–Trinajstić information content (AvgIpc) is 1.84. The Balaban J connectivity index is 4.03. The van der Waals surface area contributed by atoms with E-state index in [-0.39, 0.29) is 5.76 Å². The van der Waals surface area contributed by atoms with Gasteiger partial charge in [-0.25, -0.2) is 4.39 Å². The first-order valence-electron chi connectivity index (χ1n) is 2.25. The zero-order chi connectivity index (χ0) is 6.57. The minimum atomic E-state index is -0.410. The van der Waals surface area contributed by atoms with Crippen LogP contribution in [0.2, 0.25) is 0 Å². The van der Waals surface area contributed by atoms with Crippen LogP contribution in [-0.4, -0.2) is 7.11 Å². The molecule has 0 aliphatic heterocycles. The van der Waals surface area contributed by atoms with Gasteiger partial charge in [-0.1, -0.05) is 6.58 Å². The molecule has 46 valence electrons. The Morgan fingerprint density at radius 1 is 1.75 bits per heavy atom. The fourth-order valence-electron chi connectivity index (χ4n) is 0.241. The third-order valence-electron chi connectivity index (χ3n) is 0.822. The van der Waals surface area contributed by atoms with Crippen molar-refractivity contribution in [2.24, 2.45) is 0 Å². The van der Waals surface area contributed by atoms with Gasteiger partial charge in [-0.15, -0.1) is 0 Å². The van der Waals surface area contributed by atoms with Crippen LogP contribution in [-0.2, 0) is 4.74 Å². The lowest BCUT2D eigenvalue weighted by Gasteiger charge is -1.95. The lowest BCUT2D eigenvalue weighted by molar-refractivity contribution is 0.280. The van der Waals surface area contributed by atoms with Crippen LogP contribution in [0.1, 0.15) is 6.92 Å². The van der Waals surface area contributed by atoms with Crippen molar-refractivity contribution in [3.63, 3.8) is 0 Å². The first-order chi connectivity index (χ1) is 3.72. The van der Waals surface area contributed by atoms with Crippen molar-refractivity contribution in [2.75, 3.05) is 7.11 Å². The zero-order valence-electron chi connectivity index (χ0n) is 5.07. The molecule has 0 N–H and O–H groups in total. The van der Waals surface area contributed by atoms with E-state index in [1.165, 1.54) is 14.0 Å². The minimum absolute atomic E-state index is 0.264. The second-order valence-electron chi connectivity index (χ2n) is 1.31. The molecule has 0 bridgehead atoms. The van der Waals surface area contributed by atoms with Gasteiger partial charge >= 0.3 is 0 Å². The van der Waals surface area contributed by atoms with Gasteiger partial charge in [0.25, 0.3) is 0 Å². The number of ether oxygens (including phenoxy) is 1. The molecule has 0 aromatic rings. The second kappa shape index (κ2) is 3.24. The number of methoxy groups -OCH3 is 1. The third-order valence-corrected chi connectivity index (χ3v) is 0.822. The zero-order valence-corrected chi connectivity index (χ0v) is 5.07. The highest BCUT2D eigenvalue weighted by molar-refractivity contribution is 5.10. The molecule has 0 aliphatic rings. The minimum Gasteiger partial charge on any atom is -0.498 e. The fourth-order valence-corrected chi connectivity index (χ4v) is 0.241. The van der Waals surface area contributed by atoms with Crippen LogP contribution in [0.15, 0.2) is 24.2 Å². The van der Waals surface area contributed by atoms with E-state index in [2.05, 4.69) is 11.3 Å². The summed E-state index contributed by atoms with van der Waals surface area (Å²) in [5.74, 6) is -0.146. The summed E-state index contributed by atoms with van der Waals surface area (Å²) >= 11 is 0. The standard InChI is InChI=1S/C6H9FO/c1-4-6(7)5(2)8-3/h4H,1H2,2-3H3/b6-5+. The van der Waals surface area contributed by atoms with Crippen LogP contribution in [0.3, 0.4) is 0 Å². The van der Waals surface area contributed by atoms with Gasteiger partial charge < -0.3 is 4.74 Å². The predicted molar refractivity (Wildman–Crippen MR) is 31.0 cm³/mol. The van der Waals surface area contributed by atoms with Crippen molar-refractivity contribution in [1.29, 1.82) is 0 Å². The maximum absolute atomic E-state index is 12.2. The molecule has 0 unspecified atom stereocenters. The smallest absolute Gasteiger partial charge is 0.159 e. The number of allylic oxidation sites excluding steroid dienone is 3. The summed E-state index contributed by atoms with van der Waals surface area (Å²) in [7, 11) is 1.42. The lowest BCUT2D eigenvalue weighted by Crippen LogP contribution is -1.80. The van der Waals surface area contributed by atoms with Crippen LogP contribution in [0, 0.1) is 0 Å². The summed E-state index contributed by atoms with van der Waals surface area (Å²) < 4.78 is 16.7. The van der Waals surface area contributed by atoms with Gasteiger partial charge in [0.2, 0.25) is 0 Å². The van der Waals surface area contributed by atoms with Crippen molar-refractivity contribution in [3.05, 3.63) is 24.2 Å². The van der Waals surface area contributed by atoms with Gasteiger partial charge in [0.05, 0.1) is 7.11 Å². The summed E-state index contributed by atoms with van der Waals surface area (Å²) in [4.78, 5) is 0. The van der Waals surface area contributed by atoms with Crippen LogP contribution >= 0.6 is 0 Å². The average molecular weight is 116 g/mol. The Kier molecular flexibility index (Phi) is 2.92. The molecule has 2 heteroatoms. The normalized spacial score (nSPS) is 12.4. The summed E-state index contributed by atoms with van der Waals surface area (Å²) in [5, 5.41) is 0. The maximum Gasteiger partial charge on any atom is 0.159 e. The lowest BCUT2D eigenvalue weighted by atomic mass is 10.4. The molecular weight excluding hydrogens is 107 g/mol. The molecule has 0 aromatic heterocycles. The highest BCUT2D eigenvalue weighted by atomic mass is 19.1. The largest absolute Gasteiger partial charge is 0.498 e. The number of hydrogen-bond acceptors (Lipinski definition) is 1. The van der Waals surface area contributed by atoms with Gasteiger partial charge in [-0.2, -0.15) is 0 Å². The molecule has 8 heavy (non-hydrogen) atoms. The van der Waals surface area contributed by atoms with Crippen molar-refractivity contribution < 1.29 is 9.13 Å². The fraction of sp³-hybridized carbons (Fsp3) is 0.333. The molecule has 0 atom stereocenters. The first kappa shape index (κ1) is 7.21. The van der Waals surface area contributed by atoms with Crippen molar-refractivity contribution in [2.45, 2.75) is 6.92 Å². The van der Waals surface area contributed by atoms with E-state index < -0.39 is 5.83 Å². The molecule has 0 aliphatic carbocycles. The molecule has 0 radical (unpaired) electrons. The summed E-state index contributed by atoms with van der Waals surface area (Å²) in [6, 6.07) is 0. The van der Waals surface area contributed by atoms with Crippen molar-refractivity contribution in [3.8, 4) is 0 Å². The molecule has 0 rings (SSSR count). The molecule has 0 spiro atoms. The van der Waals surface area contributed by atoms with Crippen LogP contribution in [0.5, 0.6) is 0 Å². The molecule has 0 heterocycles. The Morgan fingerprint density at radius 3 is 2.38 bits per heavy atom. The molecule has 0 fully saturated rings. The van der Waals surface area contributed by atoms with Crippen LogP contribution in [0.4, 0.5) is 4.39 Å². The number of halogens is 1. The van der Waals surface area contributed by atoms with E-state index in [1.54, 1.807) is 0 Å². The van der Waals surface area contributed by atoms with E-state index in [4.69, 9.17) is 0 Å². The summed E-state index contributed by atoms with van der Waals surface area (Å²) in [6.45, 7) is 4.76. The monoisotopic (exact) mass is 116 g/mol. The Bertz CT molecular complexity index is 116. The quantitative estimate of drug-likeness (QED) is 0.396. The Hall–Kier alpha value is -0.790. The summed E-state index contributed by atoms with van der Waals surface area (Å²) in [5.41, 5.74) is 0. The predicted octanol–water partition coefficient (Wildman–Crippen LogP) is 2.02. The first-order valence-corrected chi connectivity index (χ1v) is 2.25. The van der Waals surface area contributed by atoms with Crippen molar-refractivity contribution >= 4 is 0 Å². The van der Waals surface area contributed by atoms with E-state index in [0.717, 1.165) is 6.08 Å². The maximum atomic E-state index is 12.2. The van der Waals surface area contributed by atoms with E-state index in [0.29, 0.717) is 0 Å². The van der Waals surface area contributed by atoms with Gasteiger partial charge in [-0.3, -0.25) is 0 Å². The van der Waals surface area contributed by atoms with E-state index in [1.807, 2.05) is 0 Å². The van der Waals surface area contributed by atoms with Gasteiger partial charge in [0, 0.05) is 0 Å². The van der Waals surface area contributed by atoms with Gasteiger partial charge in [0.1, 0.15) is 5.76 Å². The number of hydrogen-bond donors (Lipinski definition) is 0. The Labute approximate surface area is 48.5 Å². The van der Waals surface area contributed by atoms with Gasteiger partial charge in [0.15, 0.2) is 5.83 Å². The third kappa shape index (κ3) is 1.78. The number of rotatable bonds is 2. The summed E-state index contributed by atoms with van der Waals surface area (Å²) in [6.07, 6.45) is 1.11. The van der Waals surface area contributed by atoms with E-state index in [9.17, 15) is 4.39 Å². The van der Waals surface area contributed by atoms with Crippen LogP contribution < -0.4 is 0 Å². The molecular formula is C6H9FO. The molecule has 1 nitrogen and oxygen atoms in total. The SMILES string of the molecule is C=C/C(F)=C(/C)OC. The molecule has 0 saturated heterocycles. The molecule has 0 saturated carbocycles. The highest BCUT2D eigenvalue weighted by Gasteiger charge is 1.92. The topological polar surface area (TPSA) is 9.23 Å². The Morgan fingerprint density at radius 2 is 2.25 bits per heavy atom. The van der Waals surface area contributed by atoms with E-state index >= 15 is 0 Å².